The number of thioether (sulfide) groups is 2. The largest absolute Gasteiger partial charge is 0.322 e. The maximum Gasteiger partial charge on any atom is 0.234 e. The quantitative estimate of drug-likeness (QED) is 0.510. The van der Waals surface area contributed by atoms with Gasteiger partial charge in [-0.1, -0.05) is 59.5 Å². The third kappa shape index (κ3) is 5.15. The van der Waals surface area contributed by atoms with Crippen LogP contribution in [0.3, 0.4) is 0 Å². The van der Waals surface area contributed by atoms with Crippen molar-refractivity contribution in [3.8, 4) is 5.69 Å². The van der Waals surface area contributed by atoms with E-state index >= 15 is 0 Å². The maximum atomic E-state index is 12.4. The third-order valence-corrected chi connectivity index (χ3v) is 7.37. The van der Waals surface area contributed by atoms with Crippen LogP contribution in [0.1, 0.15) is 30.3 Å². The molecule has 0 radical (unpaired) electrons. The van der Waals surface area contributed by atoms with Gasteiger partial charge in [-0.05, 0) is 39.3 Å². The third-order valence-electron chi connectivity index (χ3n) is 3.98. The molecule has 2 heterocycles. The first kappa shape index (κ1) is 20.9. The molecule has 0 unspecified atom stereocenters. The Morgan fingerprint density at radius 1 is 1.11 bits per heavy atom. The summed E-state index contributed by atoms with van der Waals surface area (Å²) in [6.45, 7) is 8.06. The number of hydrogen-bond acceptors (Lipinski definition) is 7. The molecule has 3 rings (SSSR count). The normalized spacial score (nSPS) is 11.0. The zero-order valence-corrected chi connectivity index (χ0v) is 18.8. The SMILES string of the molecule is CCCSc1nnc(SCC(=O)Nc2c(C)nn(-c3ccc(C)cc3)c2C)s1. The van der Waals surface area contributed by atoms with Crippen molar-refractivity contribution >= 4 is 46.5 Å². The summed E-state index contributed by atoms with van der Waals surface area (Å²) >= 11 is 4.65. The molecule has 0 aliphatic carbocycles. The van der Waals surface area contributed by atoms with Crippen LogP contribution in [0.25, 0.3) is 5.69 Å². The van der Waals surface area contributed by atoms with Gasteiger partial charge in [-0.3, -0.25) is 4.79 Å². The molecule has 0 bridgehead atoms. The second-order valence-electron chi connectivity index (χ2n) is 6.31. The van der Waals surface area contributed by atoms with Crippen LogP contribution in [0, 0.1) is 20.8 Å². The first-order valence-corrected chi connectivity index (χ1v) is 11.8. The van der Waals surface area contributed by atoms with E-state index in [0.29, 0.717) is 5.75 Å². The zero-order valence-electron chi connectivity index (χ0n) is 16.4. The van der Waals surface area contributed by atoms with Crippen LogP contribution in [0.4, 0.5) is 5.69 Å². The number of nitrogens with zero attached hydrogens (tertiary/aromatic N) is 4. The number of amides is 1. The predicted molar refractivity (Wildman–Crippen MR) is 118 cm³/mol. The standard InChI is InChI=1S/C19H23N5OS3/c1-5-10-26-18-21-22-19(28-18)27-11-16(25)20-17-13(3)23-24(14(17)4)15-8-6-12(2)7-9-15/h6-9H,5,10-11H2,1-4H3,(H,20,25). The minimum Gasteiger partial charge on any atom is -0.322 e. The smallest absolute Gasteiger partial charge is 0.234 e. The molecule has 1 N–H and O–H groups in total. The number of nitrogens with one attached hydrogen (secondary N) is 1. The Morgan fingerprint density at radius 2 is 1.79 bits per heavy atom. The fourth-order valence-electron chi connectivity index (χ4n) is 2.57. The van der Waals surface area contributed by atoms with Crippen LogP contribution in [0.2, 0.25) is 0 Å². The summed E-state index contributed by atoms with van der Waals surface area (Å²) in [5, 5.41) is 15.9. The van der Waals surface area contributed by atoms with Crippen molar-refractivity contribution in [2.75, 3.05) is 16.8 Å². The molecular weight excluding hydrogens is 410 g/mol. The highest BCUT2D eigenvalue weighted by Gasteiger charge is 2.16. The van der Waals surface area contributed by atoms with E-state index in [2.05, 4.69) is 46.6 Å². The summed E-state index contributed by atoms with van der Waals surface area (Å²) in [5.41, 5.74) is 4.65. The van der Waals surface area contributed by atoms with Crippen molar-refractivity contribution in [3.05, 3.63) is 41.2 Å². The van der Waals surface area contributed by atoms with Crippen molar-refractivity contribution in [1.82, 2.24) is 20.0 Å². The Morgan fingerprint density at radius 3 is 2.46 bits per heavy atom. The molecule has 28 heavy (non-hydrogen) atoms. The molecule has 2 aromatic heterocycles. The second-order valence-corrected chi connectivity index (χ2v) is 9.85. The molecule has 0 saturated carbocycles. The molecule has 0 aliphatic rings. The second kappa shape index (κ2) is 9.58. The number of benzene rings is 1. The lowest BCUT2D eigenvalue weighted by atomic mass is 10.2. The highest BCUT2D eigenvalue weighted by molar-refractivity contribution is 8.03. The number of aryl methyl sites for hydroxylation is 2. The highest BCUT2D eigenvalue weighted by atomic mass is 32.2. The van der Waals surface area contributed by atoms with E-state index in [1.54, 1.807) is 11.8 Å². The van der Waals surface area contributed by atoms with E-state index in [0.717, 1.165) is 43.6 Å². The van der Waals surface area contributed by atoms with Crippen molar-refractivity contribution < 1.29 is 4.79 Å². The molecule has 0 spiro atoms. The van der Waals surface area contributed by atoms with Gasteiger partial charge < -0.3 is 5.32 Å². The van der Waals surface area contributed by atoms with Gasteiger partial charge in [-0.25, -0.2) is 4.68 Å². The fourth-order valence-corrected chi connectivity index (χ4v) is 5.31. The van der Waals surface area contributed by atoms with Gasteiger partial charge in [0.25, 0.3) is 0 Å². The van der Waals surface area contributed by atoms with Crippen LogP contribution < -0.4 is 5.32 Å². The zero-order chi connectivity index (χ0) is 20.1. The summed E-state index contributed by atoms with van der Waals surface area (Å²) in [7, 11) is 0. The lowest BCUT2D eigenvalue weighted by Gasteiger charge is -2.07. The first-order chi connectivity index (χ1) is 13.5. The highest BCUT2D eigenvalue weighted by Crippen LogP contribution is 2.29. The van der Waals surface area contributed by atoms with Crippen molar-refractivity contribution in [1.29, 1.82) is 0 Å². The molecule has 0 fully saturated rings. The number of hydrogen-bond donors (Lipinski definition) is 1. The van der Waals surface area contributed by atoms with Gasteiger partial charge in [0, 0.05) is 5.75 Å². The van der Waals surface area contributed by atoms with Crippen molar-refractivity contribution in [2.45, 2.75) is 42.8 Å². The predicted octanol–water partition coefficient (Wildman–Crippen LogP) is 4.88. The van der Waals surface area contributed by atoms with Gasteiger partial charge in [0.2, 0.25) is 5.91 Å². The van der Waals surface area contributed by atoms with E-state index in [-0.39, 0.29) is 5.91 Å². The minimum atomic E-state index is -0.0717. The van der Waals surface area contributed by atoms with Crippen LogP contribution >= 0.6 is 34.9 Å². The average molecular weight is 434 g/mol. The van der Waals surface area contributed by atoms with Gasteiger partial charge in [0.15, 0.2) is 8.68 Å². The summed E-state index contributed by atoms with van der Waals surface area (Å²) in [6.07, 6.45) is 1.10. The first-order valence-electron chi connectivity index (χ1n) is 9.00. The summed E-state index contributed by atoms with van der Waals surface area (Å²) < 4.78 is 3.63. The van der Waals surface area contributed by atoms with Gasteiger partial charge >= 0.3 is 0 Å². The molecule has 148 valence electrons. The monoisotopic (exact) mass is 433 g/mol. The summed E-state index contributed by atoms with van der Waals surface area (Å²) in [4.78, 5) is 12.4. The maximum absolute atomic E-state index is 12.4. The number of carbonyl (C=O) groups is 1. The molecular formula is C19H23N5OS3. The van der Waals surface area contributed by atoms with Gasteiger partial charge in [0.05, 0.1) is 28.5 Å². The molecule has 0 atom stereocenters. The van der Waals surface area contributed by atoms with E-state index < -0.39 is 0 Å². The Hall–Kier alpha value is -1.84. The minimum absolute atomic E-state index is 0.0717. The molecule has 6 nitrogen and oxygen atoms in total. The van der Waals surface area contributed by atoms with E-state index in [4.69, 9.17) is 0 Å². The van der Waals surface area contributed by atoms with Crippen LogP contribution in [-0.4, -0.2) is 37.4 Å². The fraction of sp³-hybridized carbons (Fsp3) is 0.368. The number of carbonyl (C=O) groups excluding carboxylic acids is 1. The van der Waals surface area contributed by atoms with Crippen LogP contribution in [0.15, 0.2) is 32.9 Å². The number of aromatic nitrogens is 4. The lowest BCUT2D eigenvalue weighted by Crippen LogP contribution is -2.15. The molecule has 9 heteroatoms. The average Bonchev–Trinajstić information content (AvgIpc) is 3.25. The van der Waals surface area contributed by atoms with E-state index in [9.17, 15) is 4.79 Å². The molecule has 1 aromatic carbocycles. The van der Waals surface area contributed by atoms with Crippen LogP contribution in [-0.2, 0) is 4.79 Å². The van der Waals surface area contributed by atoms with Crippen LogP contribution in [0.5, 0.6) is 0 Å². The van der Waals surface area contributed by atoms with E-state index in [1.165, 1.54) is 28.7 Å². The Kier molecular flexibility index (Phi) is 7.14. The Bertz CT molecular complexity index is 949. The molecule has 3 aromatic rings. The van der Waals surface area contributed by atoms with E-state index in [1.807, 2.05) is 30.7 Å². The number of rotatable bonds is 8. The molecule has 0 saturated heterocycles. The van der Waals surface area contributed by atoms with Gasteiger partial charge in [-0.2, -0.15) is 5.10 Å². The molecule has 1 amide bonds. The van der Waals surface area contributed by atoms with Crippen molar-refractivity contribution in [2.24, 2.45) is 0 Å². The van der Waals surface area contributed by atoms with Gasteiger partial charge in [-0.15, -0.1) is 10.2 Å². The molecule has 0 aliphatic heterocycles. The Labute approximate surface area is 177 Å². The summed E-state index contributed by atoms with van der Waals surface area (Å²) in [6, 6.07) is 8.16. The lowest BCUT2D eigenvalue weighted by molar-refractivity contribution is -0.113. The topological polar surface area (TPSA) is 72.7 Å². The summed E-state index contributed by atoms with van der Waals surface area (Å²) in [5.74, 6) is 1.25. The van der Waals surface area contributed by atoms with Crippen molar-refractivity contribution in [3.63, 3.8) is 0 Å². The number of anilines is 1. The van der Waals surface area contributed by atoms with Gasteiger partial charge in [0.1, 0.15) is 0 Å². The Balaban J connectivity index is 1.62.